The standard InChI is InChI=1S/C13H20O3/c1-5-16-12(15)13(4)7-6-10(11(13)14)8-9(2)3/h10H,2,5-8H2,1,3-4H3/t10-,13-/m1/s1. The van der Waals surface area contributed by atoms with Crippen molar-refractivity contribution in [3.63, 3.8) is 0 Å². The number of carbonyl (C=O) groups is 2. The smallest absolute Gasteiger partial charge is 0.319 e. The topological polar surface area (TPSA) is 43.4 Å². The Labute approximate surface area is 96.9 Å². The van der Waals surface area contributed by atoms with Crippen molar-refractivity contribution in [1.82, 2.24) is 0 Å². The molecule has 0 aromatic carbocycles. The van der Waals surface area contributed by atoms with E-state index >= 15 is 0 Å². The van der Waals surface area contributed by atoms with Crippen LogP contribution in [0.1, 0.15) is 40.0 Å². The van der Waals surface area contributed by atoms with Gasteiger partial charge in [0.15, 0.2) is 5.78 Å². The zero-order valence-corrected chi connectivity index (χ0v) is 10.3. The molecule has 3 heteroatoms. The van der Waals surface area contributed by atoms with Crippen LogP contribution >= 0.6 is 0 Å². The molecular formula is C13H20O3. The summed E-state index contributed by atoms with van der Waals surface area (Å²) in [5.41, 5.74) is 0.0716. The van der Waals surface area contributed by atoms with Gasteiger partial charge in [-0.05, 0) is 40.0 Å². The number of rotatable bonds is 4. The van der Waals surface area contributed by atoms with Crippen molar-refractivity contribution in [2.45, 2.75) is 40.0 Å². The van der Waals surface area contributed by atoms with Crippen molar-refractivity contribution in [3.05, 3.63) is 12.2 Å². The largest absolute Gasteiger partial charge is 0.465 e. The van der Waals surface area contributed by atoms with E-state index in [1.165, 1.54) is 0 Å². The summed E-state index contributed by atoms with van der Waals surface area (Å²) in [5.74, 6) is -0.398. The van der Waals surface area contributed by atoms with Gasteiger partial charge in [-0.25, -0.2) is 0 Å². The van der Waals surface area contributed by atoms with E-state index in [-0.39, 0.29) is 17.7 Å². The predicted molar refractivity (Wildman–Crippen MR) is 61.9 cm³/mol. The molecule has 2 atom stereocenters. The van der Waals surface area contributed by atoms with Gasteiger partial charge >= 0.3 is 5.97 Å². The molecule has 1 saturated carbocycles. The Morgan fingerprint density at radius 3 is 2.75 bits per heavy atom. The molecule has 0 aromatic rings. The summed E-state index contributed by atoms with van der Waals surface area (Å²) in [4.78, 5) is 23.9. The maximum absolute atomic E-state index is 12.1. The number of allylic oxidation sites excluding steroid dienone is 1. The zero-order chi connectivity index (χ0) is 12.3. The Kier molecular flexibility index (Phi) is 3.89. The van der Waals surface area contributed by atoms with E-state index in [4.69, 9.17) is 4.74 Å². The van der Waals surface area contributed by atoms with Gasteiger partial charge in [-0.15, -0.1) is 6.58 Å². The lowest BCUT2D eigenvalue weighted by molar-refractivity contribution is -0.158. The molecule has 0 radical (unpaired) electrons. The molecule has 0 N–H and O–H groups in total. The van der Waals surface area contributed by atoms with Crippen molar-refractivity contribution in [2.24, 2.45) is 11.3 Å². The maximum Gasteiger partial charge on any atom is 0.319 e. The molecule has 0 spiro atoms. The summed E-state index contributed by atoms with van der Waals surface area (Å²) >= 11 is 0. The molecule has 0 unspecified atom stereocenters. The third-order valence-electron chi connectivity index (χ3n) is 3.23. The molecule has 16 heavy (non-hydrogen) atoms. The minimum absolute atomic E-state index is 0.0222. The molecule has 0 amide bonds. The van der Waals surface area contributed by atoms with Gasteiger partial charge in [0, 0.05) is 5.92 Å². The van der Waals surface area contributed by atoms with Crippen LogP contribution in [0.4, 0.5) is 0 Å². The lowest BCUT2D eigenvalue weighted by atomic mass is 9.85. The van der Waals surface area contributed by atoms with E-state index < -0.39 is 5.41 Å². The zero-order valence-electron chi connectivity index (χ0n) is 10.3. The van der Waals surface area contributed by atoms with Crippen molar-refractivity contribution < 1.29 is 14.3 Å². The van der Waals surface area contributed by atoms with E-state index in [9.17, 15) is 9.59 Å². The highest BCUT2D eigenvalue weighted by Gasteiger charge is 2.50. The van der Waals surface area contributed by atoms with E-state index in [0.717, 1.165) is 12.0 Å². The molecule has 1 aliphatic rings. The highest BCUT2D eigenvalue weighted by Crippen LogP contribution is 2.41. The van der Waals surface area contributed by atoms with Crippen LogP contribution in [0.5, 0.6) is 0 Å². The second-order valence-corrected chi connectivity index (χ2v) is 4.81. The van der Waals surface area contributed by atoms with Crippen LogP contribution in [0.2, 0.25) is 0 Å². The molecule has 0 aliphatic heterocycles. The molecule has 0 bridgehead atoms. The second-order valence-electron chi connectivity index (χ2n) is 4.81. The second kappa shape index (κ2) is 4.81. The molecule has 90 valence electrons. The third kappa shape index (κ3) is 2.34. The molecule has 0 heterocycles. The quantitative estimate of drug-likeness (QED) is 0.418. The summed E-state index contributed by atoms with van der Waals surface area (Å²) in [7, 11) is 0. The van der Waals surface area contributed by atoms with Crippen LogP contribution in [0.15, 0.2) is 12.2 Å². The summed E-state index contributed by atoms with van der Waals surface area (Å²) < 4.78 is 4.97. The van der Waals surface area contributed by atoms with Gasteiger partial charge in [0.2, 0.25) is 0 Å². The van der Waals surface area contributed by atoms with E-state index in [0.29, 0.717) is 19.4 Å². The lowest BCUT2D eigenvalue weighted by Crippen LogP contribution is -2.35. The monoisotopic (exact) mass is 224 g/mol. The minimum Gasteiger partial charge on any atom is -0.465 e. The van der Waals surface area contributed by atoms with Crippen LogP contribution in [0, 0.1) is 11.3 Å². The predicted octanol–water partition coefficient (Wildman–Crippen LogP) is 2.50. The first-order valence-corrected chi connectivity index (χ1v) is 5.77. The van der Waals surface area contributed by atoms with Gasteiger partial charge < -0.3 is 4.74 Å². The lowest BCUT2D eigenvalue weighted by Gasteiger charge is -2.20. The van der Waals surface area contributed by atoms with Crippen molar-refractivity contribution in [1.29, 1.82) is 0 Å². The highest BCUT2D eigenvalue weighted by molar-refractivity contribution is 6.06. The number of hydrogen-bond donors (Lipinski definition) is 0. The fraction of sp³-hybridized carbons (Fsp3) is 0.692. The van der Waals surface area contributed by atoms with Crippen molar-refractivity contribution >= 4 is 11.8 Å². The molecule has 1 aliphatic carbocycles. The Morgan fingerprint density at radius 2 is 2.25 bits per heavy atom. The number of carbonyl (C=O) groups excluding carboxylic acids is 2. The van der Waals surface area contributed by atoms with E-state index in [1.807, 2.05) is 6.92 Å². The van der Waals surface area contributed by atoms with Gasteiger partial charge in [0.25, 0.3) is 0 Å². The van der Waals surface area contributed by atoms with Gasteiger partial charge in [-0.2, -0.15) is 0 Å². The number of hydrogen-bond acceptors (Lipinski definition) is 3. The summed E-state index contributed by atoms with van der Waals surface area (Å²) in [6.45, 7) is 9.51. The van der Waals surface area contributed by atoms with Crippen LogP contribution < -0.4 is 0 Å². The highest BCUT2D eigenvalue weighted by atomic mass is 16.5. The number of Topliss-reactive ketones (excluding diaryl/α,β-unsaturated/α-hetero) is 1. The van der Waals surface area contributed by atoms with Gasteiger partial charge in [-0.1, -0.05) is 5.57 Å². The first kappa shape index (κ1) is 12.9. The SMILES string of the molecule is C=C(C)C[C@H]1CC[C@@](C)(C(=O)OCC)C1=O. The van der Waals surface area contributed by atoms with Crippen LogP contribution in [0.3, 0.4) is 0 Å². The third-order valence-corrected chi connectivity index (χ3v) is 3.23. The van der Waals surface area contributed by atoms with Gasteiger partial charge in [0.1, 0.15) is 5.41 Å². The average molecular weight is 224 g/mol. The molecule has 3 nitrogen and oxygen atoms in total. The fourth-order valence-corrected chi connectivity index (χ4v) is 2.28. The van der Waals surface area contributed by atoms with Gasteiger partial charge in [-0.3, -0.25) is 9.59 Å². The van der Waals surface area contributed by atoms with Gasteiger partial charge in [0.05, 0.1) is 6.61 Å². The molecule has 1 fully saturated rings. The van der Waals surface area contributed by atoms with E-state index in [1.54, 1.807) is 13.8 Å². The Bertz CT molecular complexity index is 319. The minimum atomic E-state index is -0.921. The van der Waals surface area contributed by atoms with Crippen molar-refractivity contribution in [2.75, 3.05) is 6.61 Å². The first-order chi connectivity index (χ1) is 7.41. The Hall–Kier alpha value is -1.12. The molecule has 0 saturated heterocycles. The summed E-state index contributed by atoms with van der Waals surface area (Å²) in [6.07, 6.45) is 2.05. The molecule has 1 rings (SSSR count). The first-order valence-electron chi connectivity index (χ1n) is 5.77. The Balaban J connectivity index is 2.75. The summed E-state index contributed by atoms with van der Waals surface area (Å²) in [6, 6.07) is 0. The van der Waals surface area contributed by atoms with E-state index in [2.05, 4.69) is 6.58 Å². The molecular weight excluding hydrogens is 204 g/mol. The summed E-state index contributed by atoms with van der Waals surface area (Å²) in [5, 5.41) is 0. The number of ketones is 1. The van der Waals surface area contributed by atoms with Crippen LogP contribution in [0.25, 0.3) is 0 Å². The van der Waals surface area contributed by atoms with Crippen LogP contribution in [-0.4, -0.2) is 18.4 Å². The van der Waals surface area contributed by atoms with Crippen LogP contribution in [-0.2, 0) is 14.3 Å². The maximum atomic E-state index is 12.1. The number of esters is 1. The molecule has 0 aromatic heterocycles. The fourth-order valence-electron chi connectivity index (χ4n) is 2.28. The Morgan fingerprint density at radius 1 is 1.62 bits per heavy atom. The average Bonchev–Trinajstić information content (AvgIpc) is 2.47. The van der Waals surface area contributed by atoms with Crippen molar-refractivity contribution in [3.8, 4) is 0 Å². The number of ether oxygens (including phenoxy) is 1. The normalized spacial score (nSPS) is 29.2.